The Labute approximate surface area is 173 Å². The van der Waals surface area contributed by atoms with Gasteiger partial charge in [0.15, 0.2) is 0 Å². The van der Waals surface area contributed by atoms with Gasteiger partial charge in [-0.05, 0) is 42.4 Å². The summed E-state index contributed by atoms with van der Waals surface area (Å²) in [5, 5.41) is 6.03. The molecule has 2 N–H and O–H groups in total. The first-order valence-electron chi connectivity index (χ1n) is 9.49. The van der Waals surface area contributed by atoms with E-state index < -0.39 is 11.4 Å². The van der Waals surface area contributed by atoms with Crippen LogP contribution in [0.2, 0.25) is 0 Å². The standard InChI is InChI=1S/C21H24FN5O3/c1-23-11-12-24-19-25-20(28)27(14-15-3-7-17(22)8-4-15)21(29)26(19)13-16-5-9-18(30-2)10-6-16/h3-10,23H,11-14H2,1-2H3,(H,24,25,28). The molecule has 9 heteroatoms. The molecule has 8 nitrogen and oxygen atoms in total. The predicted molar refractivity (Wildman–Crippen MR) is 113 cm³/mol. The van der Waals surface area contributed by atoms with Crippen molar-refractivity contribution < 1.29 is 9.13 Å². The van der Waals surface area contributed by atoms with Gasteiger partial charge in [0.2, 0.25) is 5.95 Å². The smallest absolute Gasteiger partial charge is 0.355 e. The van der Waals surface area contributed by atoms with Gasteiger partial charge in [-0.3, -0.25) is 4.57 Å². The molecule has 0 unspecified atom stereocenters. The lowest BCUT2D eigenvalue weighted by atomic mass is 10.2. The molecule has 0 saturated heterocycles. The molecule has 0 amide bonds. The number of benzene rings is 2. The van der Waals surface area contributed by atoms with Gasteiger partial charge < -0.3 is 15.4 Å². The summed E-state index contributed by atoms with van der Waals surface area (Å²) < 4.78 is 20.8. The lowest BCUT2D eigenvalue weighted by Crippen LogP contribution is -2.43. The number of aromatic nitrogens is 3. The van der Waals surface area contributed by atoms with Crippen molar-refractivity contribution >= 4 is 5.95 Å². The molecule has 3 aromatic rings. The van der Waals surface area contributed by atoms with Gasteiger partial charge in [-0.1, -0.05) is 24.3 Å². The minimum Gasteiger partial charge on any atom is -0.497 e. The molecule has 0 radical (unpaired) electrons. The Morgan fingerprint density at radius 2 is 1.53 bits per heavy atom. The maximum absolute atomic E-state index is 13.2. The van der Waals surface area contributed by atoms with E-state index in [0.29, 0.717) is 24.4 Å². The first-order valence-corrected chi connectivity index (χ1v) is 9.49. The van der Waals surface area contributed by atoms with Crippen LogP contribution in [0, 0.1) is 5.82 Å². The quantitative estimate of drug-likeness (QED) is 0.514. The summed E-state index contributed by atoms with van der Waals surface area (Å²) in [5.74, 6) is 0.523. The fourth-order valence-corrected chi connectivity index (χ4v) is 2.93. The number of hydrogen-bond donors (Lipinski definition) is 2. The number of nitrogens with zero attached hydrogens (tertiary/aromatic N) is 3. The lowest BCUT2D eigenvalue weighted by Gasteiger charge is -2.16. The number of halogens is 1. The Morgan fingerprint density at radius 1 is 0.933 bits per heavy atom. The fourth-order valence-electron chi connectivity index (χ4n) is 2.93. The van der Waals surface area contributed by atoms with E-state index in [1.165, 1.54) is 28.8 Å². The Kier molecular flexibility index (Phi) is 6.97. The Balaban J connectivity index is 1.99. The van der Waals surface area contributed by atoms with Gasteiger partial charge in [-0.2, -0.15) is 4.98 Å². The topological polar surface area (TPSA) is 90.2 Å². The molecule has 0 fully saturated rings. The highest BCUT2D eigenvalue weighted by atomic mass is 19.1. The monoisotopic (exact) mass is 413 g/mol. The maximum Gasteiger partial charge on any atom is 0.355 e. The van der Waals surface area contributed by atoms with E-state index in [9.17, 15) is 14.0 Å². The molecule has 2 aromatic carbocycles. The molecule has 1 aromatic heterocycles. The number of rotatable bonds is 9. The normalized spacial score (nSPS) is 10.8. The highest BCUT2D eigenvalue weighted by Crippen LogP contribution is 2.13. The van der Waals surface area contributed by atoms with E-state index in [2.05, 4.69) is 15.6 Å². The average molecular weight is 413 g/mol. The third-order valence-electron chi connectivity index (χ3n) is 4.56. The van der Waals surface area contributed by atoms with Gasteiger partial charge in [0, 0.05) is 13.1 Å². The second kappa shape index (κ2) is 9.84. The Hall–Kier alpha value is -3.46. The molecule has 30 heavy (non-hydrogen) atoms. The summed E-state index contributed by atoms with van der Waals surface area (Å²) in [6.45, 7) is 1.36. The van der Waals surface area contributed by atoms with Gasteiger partial charge >= 0.3 is 11.4 Å². The van der Waals surface area contributed by atoms with Crippen LogP contribution in [0.15, 0.2) is 58.1 Å². The molecular formula is C21H24FN5O3. The number of likely N-dealkylation sites (N-methyl/N-ethyl adjacent to an activating group) is 1. The zero-order valence-corrected chi connectivity index (χ0v) is 16.9. The van der Waals surface area contributed by atoms with Crippen LogP contribution in [0.25, 0.3) is 0 Å². The van der Waals surface area contributed by atoms with E-state index in [0.717, 1.165) is 10.1 Å². The van der Waals surface area contributed by atoms with Crippen LogP contribution in [-0.2, 0) is 13.1 Å². The largest absolute Gasteiger partial charge is 0.497 e. The summed E-state index contributed by atoms with van der Waals surface area (Å²) in [7, 11) is 3.39. The third-order valence-corrected chi connectivity index (χ3v) is 4.56. The van der Waals surface area contributed by atoms with E-state index in [1.54, 1.807) is 26.3 Å². The molecule has 0 saturated carbocycles. The molecule has 0 aliphatic carbocycles. The number of ether oxygens (including phenoxy) is 1. The number of anilines is 1. The van der Waals surface area contributed by atoms with Crippen molar-refractivity contribution in [1.82, 2.24) is 19.4 Å². The van der Waals surface area contributed by atoms with Crippen LogP contribution in [0.1, 0.15) is 11.1 Å². The lowest BCUT2D eigenvalue weighted by molar-refractivity contribution is 0.414. The second-order valence-electron chi connectivity index (χ2n) is 6.68. The third kappa shape index (κ3) is 5.12. The Morgan fingerprint density at radius 3 is 2.13 bits per heavy atom. The molecule has 0 aliphatic rings. The molecule has 0 spiro atoms. The van der Waals surface area contributed by atoms with Gasteiger partial charge in [0.1, 0.15) is 11.6 Å². The van der Waals surface area contributed by atoms with Crippen molar-refractivity contribution in [3.8, 4) is 5.75 Å². The zero-order chi connectivity index (χ0) is 21.5. The van der Waals surface area contributed by atoms with Crippen LogP contribution in [0.4, 0.5) is 10.3 Å². The second-order valence-corrected chi connectivity index (χ2v) is 6.68. The summed E-state index contributed by atoms with van der Waals surface area (Å²) in [5.41, 5.74) is 0.317. The molecule has 3 rings (SSSR count). The highest BCUT2D eigenvalue weighted by molar-refractivity contribution is 5.30. The van der Waals surface area contributed by atoms with Crippen LogP contribution in [0.3, 0.4) is 0 Å². The molecular weight excluding hydrogens is 389 g/mol. The van der Waals surface area contributed by atoms with E-state index in [-0.39, 0.29) is 24.9 Å². The van der Waals surface area contributed by atoms with Gasteiger partial charge in [-0.15, -0.1) is 0 Å². The molecule has 0 bridgehead atoms. The summed E-state index contributed by atoms with van der Waals surface area (Å²) in [4.78, 5) is 29.8. The first-order chi connectivity index (χ1) is 14.5. The average Bonchev–Trinajstić information content (AvgIpc) is 2.75. The van der Waals surface area contributed by atoms with Crippen LogP contribution < -0.4 is 26.7 Å². The zero-order valence-electron chi connectivity index (χ0n) is 16.9. The SMILES string of the molecule is CNCCNc1nc(=O)n(Cc2ccc(F)cc2)c(=O)n1Cc1ccc(OC)cc1. The van der Waals surface area contributed by atoms with Crippen molar-refractivity contribution in [1.29, 1.82) is 0 Å². The van der Waals surface area contributed by atoms with Crippen molar-refractivity contribution in [2.75, 3.05) is 32.6 Å². The van der Waals surface area contributed by atoms with Crippen molar-refractivity contribution in [2.45, 2.75) is 13.1 Å². The van der Waals surface area contributed by atoms with Crippen LogP contribution >= 0.6 is 0 Å². The minimum atomic E-state index is -0.665. The number of methoxy groups -OCH3 is 1. The highest BCUT2D eigenvalue weighted by Gasteiger charge is 2.14. The molecule has 1 heterocycles. The Bertz CT molecular complexity index is 1090. The summed E-state index contributed by atoms with van der Waals surface area (Å²) in [6.07, 6.45) is 0. The number of nitrogens with one attached hydrogen (secondary N) is 2. The summed E-state index contributed by atoms with van der Waals surface area (Å²) in [6, 6.07) is 12.9. The number of hydrogen-bond acceptors (Lipinski definition) is 6. The van der Waals surface area contributed by atoms with E-state index in [4.69, 9.17) is 4.74 Å². The van der Waals surface area contributed by atoms with E-state index >= 15 is 0 Å². The van der Waals surface area contributed by atoms with Crippen molar-refractivity contribution in [3.63, 3.8) is 0 Å². The first kappa shape index (κ1) is 21.3. The molecule has 0 atom stereocenters. The van der Waals surface area contributed by atoms with Crippen LogP contribution in [-0.4, -0.2) is 41.4 Å². The molecule has 158 valence electrons. The summed E-state index contributed by atoms with van der Waals surface area (Å²) >= 11 is 0. The fraction of sp³-hybridized carbons (Fsp3) is 0.286. The predicted octanol–water partition coefficient (Wildman–Crippen LogP) is 1.28. The maximum atomic E-state index is 13.2. The molecule has 0 aliphatic heterocycles. The van der Waals surface area contributed by atoms with Gasteiger partial charge in [0.25, 0.3) is 0 Å². The van der Waals surface area contributed by atoms with Crippen LogP contribution in [0.5, 0.6) is 5.75 Å². The van der Waals surface area contributed by atoms with E-state index in [1.807, 2.05) is 12.1 Å². The van der Waals surface area contributed by atoms with Gasteiger partial charge in [-0.25, -0.2) is 18.5 Å². The minimum absolute atomic E-state index is 0.00432. The van der Waals surface area contributed by atoms with Crippen molar-refractivity contribution in [3.05, 3.63) is 86.4 Å². The van der Waals surface area contributed by atoms with Crippen molar-refractivity contribution in [2.24, 2.45) is 0 Å². The van der Waals surface area contributed by atoms with Gasteiger partial charge in [0.05, 0.1) is 20.2 Å².